The Hall–Kier alpha value is -2.54. The highest BCUT2D eigenvalue weighted by molar-refractivity contribution is 5.56. The zero-order chi connectivity index (χ0) is 26.7. The summed E-state index contributed by atoms with van der Waals surface area (Å²) in [7, 11) is 0. The fraction of sp³-hybridized carbons (Fsp3) is 0.500. The number of phenolic OH excluding ortho intramolecular Hbond substituents is 1. The van der Waals surface area contributed by atoms with Crippen LogP contribution in [-0.4, -0.2) is 5.11 Å². The molecule has 0 radical (unpaired) electrons. The molecule has 0 amide bonds. The number of unbranched alkanes of at least 4 members (excludes halogenated alkanes) is 9. The first-order valence-electron chi connectivity index (χ1n) is 14.8. The first-order valence-corrected chi connectivity index (χ1v) is 14.8. The molecule has 0 aliphatic heterocycles. The molecule has 0 aliphatic carbocycles. The lowest BCUT2D eigenvalue weighted by Gasteiger charge is -2.37. The van der Waals surface area contributed by atoms with Crippen molar-refractivity contribution < 1.29 is 5.11 Å². The number of benzene rings is 3. The summed E-state index contributed by atoms with van der Waals surface area (Å²) in [4.78, 5) is 0. The monoisotopic (exact) mass is 498 g/mol. The number of hydrogen-bond acceptors (Lipinski definition) is 1. The van der Waals surface area contributed by atoms with Crippen molar-refractivity contribution in [2.24, 2.45) is 0 Å². The van der Waals surface area contributed by atoms with Crippen molar-refractivity contribution in [1.29, 1.82) is 0 Å². The van der Waals surface area contributed by atoms with E-state index >= 15 is 0 Å². The first kappa shape index (κ1) is 29.0. The zero-order valence-electron chi connectivity index (χ0n) is 24.2. The second-order valence-corrected chi connectivity index (χ2v) is 11.9. The SMILES string of the molecule is CCCCCCCCCCCCc1c(O)ccc(C(C)(C)c2ccccc2)c1C(C)(C)c1ccccc1. The summed E-state index contributed by atoms with van der Waals surface area (Å²) in [6.45, 7) is 11.6. The van der Waals surface area contributed by atoms with Crippen LogP contribution in [0.3, 0.4) is 0 Å². The van der Waals surface area contributed by atoms with Crippen LogP contribution in [0, 0.1) is 0 Å². The van der Waals surface area contributed by atoms with Gasteiger partial charge in [0, 0.05) is 10.8 Å². The van der Waals surface area contributed by atoms with E-state index in [9.17, 15) is 5.11 Å². The Kier molecular flexibility index (Phi) is 10.9. The van der Waals surface area contributed by atoms with Gasteiger partial charge in [-0.2, -0.15) is 0 Å². The molecular weight excluding hydrogens is 448 g/mol. The molecule has 0 aliphatic rings. The molecule has 3 aromatic carbocycles. The van der Waals surface area contributed by atoms with Crippen LogP contribution >= 0.6 is 0 Å². The topological polar surface area (TPSA) is 20.2 Å². The molecule has 1 N–H and O–H groups in total. The molecule has 1 nitrogen and oxygen atoms in total. The minimum atomic E-state index is -0.227. The molecule has 1 heteroatoms. The molecule has 0 saturated heterocycles. The summed E-state index contributed by atoms with van der Waals surface area (Å²) in [5, 5.41) is 11.2. The van der Waals surface area contributed by atoms with Gasteiger partial charge >= 0.3 is 0 Å². The Morgan fingerprint density at radius 1 is 0.541 bits per heavy atom. The van der Waals surface area contributed by atoms with E-state index in [1.807, 2.05) is 6.07 Å². The smallest absolute Gasteiger partial charge is 0.119 e. The van der Waals surface area contributed by atoms with E-state index in [1.54, 1.807) is 0 Å². The summed E-state index contributed by atoms with van der Waals surface area (Å²) in [5.74, 6) is 0.447. The Labute approximate surface area is 227 Å². The van der Waals surface area contributed by atoms with Gasteiger partial charge in [0.15, 0.2) is 0 Å². The third-order valence-electron chi connectivity index (χ3n) is 8.36. The van der Waals surface area contributed by atoms with Crippen molar-refractivity contribution in [3.8, 4) is 5.75 Å². The van der Waals surface area contributed by atoms with E-state index in [-0.39, 0.29) is 10.8 Å². The third-order valence-corrected chi connectivity index (χ3v) is 8.36. The highest BCUT2D eigenvalue weighted by atomic mass is 16.3. The first-order chi connectivity index (χ1) is 17.8. The molecular formula is C36H50O. The molecule has 3 aromatic rings. The molecule has 0 aromatic heterocycles. The maximum Gasteiger partial charge on any atom is 0.119 e. The van der Waals surface area contributed by atoms with Crippen molar-refractivity contribution in [2.45, 2.75) is 116 Å². The minimum Gasteiger partial charge on any atom is -0.508 e. The lowest BCUT2D eigenvalue weighted by molar-refractivity contribution is 0.457. The average molecular weight is 499 g/mol. The zero-order valence-corrected chi connectivity index (χ0v) is 24.2. The third kappa shape index (κ3) is 7.50. The standard InChI is InChI=1S/C36H50O/c1-6-7-8-9-10-11-12-13-14-21-26-31-33(37)28-27-32(35(2,3)29-22-17-15-18-23-29)34(31)36(4,5)30-24-19-16-20-25-30/h15-20,22-25,27-28,37H,6-14,21,26H2,1-5H3. The van der Waals surface area contributed by atoms with Crippen LogP contribution < -0.4 is 0 Å². The number of aromatic hydroxyl groups is 1. The largest absolute Gasteiger partial charge is 0.508 e. The van der Waals surface area contributed by atoms with Gasteiger partial charge in [-0.15, -0.1) is 0 Å². The lowest BCUT2D eigenvalue weighted by atomic mass is 9.66. The fourth-order valence-corrected chi connectivity index (χ4v) is 5.92. The summed E-state index contributed by atoms with van der Waals surface area (Å²) in [5.41, 5.74) is 5.93. The second-order valence-electron chi connectivity index (χ2n) is 11.9. The predicted octanol–water partition coefficient (Wildman–Crippen LogP) is 10.5. The van der Waals surface area contributed by atoms with Crippen LogP contribution in [0.4, 0.5) is 0 Å². The van der Waals surface area contributed by atoms with E-state index < -0.39 is 0 Å². The van der Waals surface area contributed by atoms with Crippen molar-refractivity contribution in [1.82, 2.24) is 0 Å². The summed E-state index contributed by atoms with van der Waals surface area (Å²) in [6, 6.07) is 25.7. The van der Waals surface area contributed by atoms with E-state index in [2.05, 4.69) is 101 Å². The van der Waals surface area contributed by atoms with Crippen molar-refractivity contribution in [3.05, 3.63) is 101 Å². The molecule has 0 atom stereocenters. The van der Waals surface area contributed by atoms with Gasteiger partial charge in [-0.3, -0.25) is 0 Å². The molecule has 200 valence electrons. The molecule has 3 rings (SSSR count). The van der Waals surface area contributed by atoms with Gasteiger partial charge in [-0.05, 0) is 46.7 Å². The van der Waals surface area contributed by atoms with Crippen molar-refractivity contribution >= 4 is 0 Å². The highest BCUT2D eigenvalue weighted by Crippen LogP contribution is 2.45. The number of phenols is 1. The van der Waals surface area contributed by atoms with E-state index in [1.165, 1.54) is 80.0 Å². The average Bonchev–Trinajstić information content (AvgIpc) is 2.91. The second kappa shape index (κ2) is 13.8. The van der Waals surface area contributed by atoms with Crippen LogP contribution in [0.25, 0.3) is 0 Å². The molecule has 0 heterocycles. The highest BCUT2D eigenvalue weighted by Gasteiger charge is 2.35. The van der Waals surface area contributed by atoms with E-state index in [4.69, 9.17) is 0 Å². The van der Waals surface area contributed by atoms with Gasteiger partial charge in [-0.1, -0.05) is 159 Å². The van der Waals surface area contributed by atoms with Gasteiger partial charge in [0.05, 0.1) is 0 Å². The van der Waals surface area contributed by atoms with Crippen molar-refractivity contribution in [2.75, 3.05) is 0 Å². The lowest BCUT2D eigenvalue weighted by Crippen LogP contribution is -2.29. The van der Waals surface area contributed by atoms with Crippen LogP contribution in [0.1, 0.15) is 127 Å². The summed E-state index contributed by atoms with van der Waals surface area (Å²) in [6.07, 6.45) is 14.1. The quantitative estimate of drug-likeness (QED) is 0.207. The summed E-state index contributed by atoms with van der Waals surface area (Å²) >= 11 is 0. The maximum atomic E-state index is 11.2. The normalized spacial score (nSPS) is 12.1. The number of hydrogen-bond donors (Lipinski definition) is 1. The van der Waals surface area contributed by atoms with E-state index in [0.29, 0.717) is 5.75 Å². The van der Waals surface area contributed by atoms with Crippen molar-refractivity contribution in [3.63, 3.8) is 0 Å². The van der Waals surface area contributed by atoms with Crippen LogP contribution in [0.5, 0.6) is 5.75 Å². The summed E-state index contributed by atoms with van der Waals surface area (Å²) < 4.78 is 0. The van der Waals surface area contributed by atoms with Crippen LogP contribution in [0.2, 0.25) is 0 Å². The fourth-order valence-electron chi connectivity index (χ4n) is 5.92. The van der Waals surface area contributed by atoms with Gasteiger partial charge in [0.1, 0.15) is 5.75 Å². The van der Waals surface area contributed by atoms with Gasteiger partial charge in [0.2, 0.25) is 0 Å². The molecule has 0 saturated carbocycles. The van der Waals surface area contributed by atoms with Crippen LogP contribution in [0.15, 0.2) is 72.8 Å². The van der Waals surface area contributed by atoms with E-state index in [0.717, 1.165) is 18.4 Å². The predicted molar refractivity (Wildman–Crippen MR) is 161 cm³/mol. The van der Waals surface area contributed by atoms with Gasteiger partial charge in [-0.25, -0.2) is 0 Å². The van der Waals surface area contributed by atoms with Gasteiger partial charge < -0.3 is 5.11 Å². The Bertz CT molecular complexity index is 1060. The maximum absolute atomic E-state index is 11.2. The Morgan fingerprint density at radius 2 is 1.00 bits per heavy atom. The van der Waals surface area contributed by atoms with Crippen LogP contribution in [-0.2, 0) is 17.3 Å². The minimum absolute atomic E-state index is 0.178. The molecule has 0 spiro atoms. The Morgan fingerprint density at radius 3 is 1.51 bits per heavy atom. The molecule has 37 heavy (non-hydrogen) atoms. The molecule has 0 unspecified atom stereocenters. The molecule has 0 fully saturated rings. The van der Waals surface area contributed by atoms with Gasteiger partial charge in [0.25, 0.3) is 0 Å². The Balaban J connectivity index is 1.85. The molecule has 0 bridgehead atoms. The number of rotatable bonds is 15.